The van der Waals surface area contributed by atoms with Crippen LogP contribution in [0.15, 0.2) is 48.5 Å². The van der Waals surface area contributed by atoms with Crippen molar-refractivity contribution in [3.63, 3.8) is 0 Å². The Morgan fingerprint density at radius 1 is 0.583 bits per heavy atom. The standard InChI is InChI=1S/C30H47O4P.Nd/c1-3-5-7-9-11-13-15-21-27-23-17-19-25-29(27)33-35(31,32)34-30-26-20-18-24-28(30)22-16-14-12-10-8-6-4-2;/h17-20,23-26H,3-16,21-22H2,1-2H3,(H,31,32);/q;+1/p-1. The third-order valence-electron chi connectivity index (χ3n) is 6.46. The Kier molecular flexibility index (Phi) is 19.2. The average molecular weight is 646 g/mol. The minimum Gasteiger partial charge on any atom is -0.736 e. The Hall–Kier alpha value is -0.419. The summed E-state index contributed by atoms with van der Waals surface area (Å²) in [7, 11) is -4.56. The maximum atomic E-state index is 12.8. The number of aryl methyl sites for hydroxylation is 2. The van der Waals surface area contributed by atoms with Crippen LogP contribution in [0.1, 0.15) is 115 Å². The van der Waals surface area contributed by atoms with Crippen LogP contribution in [0.4, 0.5) is 0 Å². The maximum absolute atomic E-state index is 12.8. The van der Waals surface area contributed by atoms with Gasteiger partial charge in [0.25, 0.3) is 0 Å². The van der Waals surface area contributed by atoms with Crippen molar-refractivity contribution in [2.24, 2.45) is 0 Å². The van der Waals surface area contributed by atoms with E-state index in [1.165, 1.54) is 64.2 Å². The molecule has 2 aromatic rings. The number of para-hydroxylation sites is 2. The quantitative estimate of drug-likeness (QED) is 0.106. The molecule has 2 aromatic carbocycles. The van der Waals surface area contributed by atoms with E-state index in [2.05, 4.69) is 13.8 Å². The zero-order valence-corrected chi connectivity index (χ0v) is 26.6. The van der Waals surface area contributed by atoms with E-state index < -0.39 is 7.82 Å². The SMILES string of the molecule is CCCCCCCCCc1ccccc1OP(=O)([O-])Oc1ccccc1CCCCCCCCC.[Nd+]. The molecule has 0 saturated carbocycles. The van der Waals surface area contributed by atoms with Crippen LogP contribution in [-0.4, -0.2) is 0 Å². The minimum absolute atomic E-state index is 0. The first-order chi connectivity index (χ1) is 17.1. The summed E-state index contributed by atoms with van der Waals surface area (Å²) in [5.41, 5.74) is 1.83. The third-order valence-corrected chi connectivity index (χ3v) is 7.31. The molecule has 2 rings (SSSR count). The molecule has 0 spiro atoms. The van der Waals surface area contributed by atoms with Gasteiger partial charge in [-0.15, -0.1) is 0 Å². The number of phosphoric acid groups is 1. The number of hydrogen-bond donors (Lipinski definition) is 0. The molecule has 0 atom stereocenters. The van der Waals surface area contributed by atoms with Gasteiger partial charge in [-0.05, 0) is 48.9 Å². The normalized spacial score (nSPS) is 11.2. The summed E-state index contributed by atoms with van der Waals surface area (Å²) in [5.74, 6) is 0.753. The summed E-state index contributed by atoms with van der Waals surface area (Å²) < 4.78 is 23.7. The average Bonchev–Trinajstić information content (AvgIpc) is 2.84. The molecule has 1 radical (unpaired) electrons. The second-order valence-corrected chi connectivity index (χ2v) is 10.8. The fraction of sp³-hybridized carbons (Fsp3) is 0.600. The van der Waals surface area contributed by atoms with Gasteiger partial charge in [-0.2, -0.15) is 0 Å². The second kappa shape index (κ2) is 20.5. The van der Waals surface area contributed by atoms with Crippen LogP contribution in [0.25, 0.3) is 0 Å². The molecular weight excluding hydrogens is 600 g/mol. The topological polar surface area (TPSA) is 58.6 Å². The molecule has 199 valence electrons. The predicted octanol–water partition coefficient (Wildman–Crippen LogP) is 9.20. The minimum atomic E-state index is -4.56. The van der Waals surface area contributed by atoms with Gasteiger partial charge in [0.15, 0.2) is 0 Å². The van der Waals surface area contributed by atoms with Crippen LogP contribution >= 0.6 is 7.82 Å². The molecular formula is C30H46NdO4P. The van der Waals surface area contributed by atoms with Crippen LogP contribution in [0.2, 0.25) is 0 Å². The summed E-state index contributed by atoms with van der Waals surface area (Å²) in [4.78, 5) is 12.8. The molecule has 0 unspecified atom stereocenters. The summed E-state index contributed by atoms with van der Waals surface area (Å²) in [6.45, 7) is 4.45. The van der Waals surface area contributed by atoms with Crippen molar-refractivity contribution in [3.8, 4) is 11.5 Å². The predicted molar refractivity (Wildman–Crippen MR) is 145 cm³/mol. The number of benzene rings is 2. The van der Waals surface area contributed by atoms with Gasteiger partial charge in [0.2, 0.25) is 0 Å². The van der Waals surface area contributed by atoms with E-state index >= 15 is 0 Å². The van der Waals surface area contributed by atoms with Gasteiger partial charge in [0.05, 0.1) is 0 Å². The Balaban J connectivity index is 0.00000648. The number of phosphoric ester groups is 1. The molecule has 36 heavy (non-hydrogen) atoms. The van der Waals surface area contributed by atoms with Gasteiger partial charge in [-0.3, -0.25) is 0 Å². The fourth-order valence-electron chi connectivity index (χ4n) is 4.40. The van der Waals surface area contributed by atoms with Crippen molar-refractivity contribution in [2.45, 2.75) is 117 Å². The molecule has 0 aromatic heterocycles. The van der Waals surface area contributed by atoms with Crippen LogP contribution in [0.5, 0.6) is 11.5 Å². The van der Waals surface area contributed by atoms with Gasteiger partial charge in [0, 0.05) is 0 Å². The van der Waals surface area contributed by atoms with Gasteiger partial charge < -0.3 is 13.9 Å². The van der Waals surface area contributed by atoms with E-state index in [4.69, 9.17) is 9.05 Å². The molecule has 6 heteroatoms. The van der Waals surface area contributed by atoms with Crippen molar-refractivity contribution in [1.29, 1.82) is 0 Å². The Morgan fingerprint density at radius 3 is 1.31 bits per heavy atom. The van der Waals surface area contributed by atoms with Gasteiger partial charge in [-0.25, -0.2) is 4.57 Å². The van der Waals surface area contributed by atoms with Crippen LogP contribution < -0.4 is 13.9 Å². The first-order valence-corrected chi connectivity index (χ1v) is 15.4. The van der Waals surface area contributed by atoms with Crippen molar-refractivity contribution in [1.82, 2.24) is 0 Å². The first-order valence-electron chi connectivity index (χ1n) is 13.9. The third kappa shape index (κ3) is 14.5. The molecule has 0 bridgehead atoms. The molecule has 0 heterocycles. The Bertz CT molecular complexity index is 806. The second-order valence-electron chi connectivity index (χ2n) is 9.59. The van der Waals surface area contributed by atoms with Crippen LogP contribution in [0.3, 0.4) is 0 Å². The molecule has 0 fully saturated rings. The maximum Gasteiger partial charge on any atom is 1.00 e. The number of hydrogen-bond acceptors (Lipinski definition) is 4. The van der Waals surface area contributed by atoms with Gasteiger partial charge in [0.1, 0.15) is 11.5 Å². The van der Waals surface area contributed by atoms with E-state index in [9.17, 15) is 9.46 Å². The van der Waals surface area contributed by atoms with Crippen molar-refractivity contribution in [3.05, 3.63) is 59.7 Å². The van der Waals surface area contributed by atoms with Gasteiger partial charge in [-0.1, -0.05) is 127 Å². The van der Waals surface area contributed by atoms with E-state index in [1.807, 2.05) is 24.3 Å². The van der Waals surface area contributed by atoms with E-state index in [0.717, 1.165) is 49.7 Å². The first kappa shape index (κ1) is 33.6. The zero-order chi connectivity index (χ0) is 25.2. The summed E-state index contributed by atoms with van der Waals surface area (Å²) in [6.07, 6.45) is 18.7. The Labute approximate surface area is 253 Å². The largest absolute Gasteiger partial charge is 1.00 e. The molecule has 0 aliphatic carbocycles. The summed E-state index contributed by atoms with van der Waals surface area (Å²) >= 11 is 0. The molecule has 0 amide bonds. The van der Waals surface area contributed by atoms with Gasteiger partial charge >= 0.3 is 48.7 Å². The smallest absolute Gasteiger partial charge is 0.736 e. The van der Waals surface area contributed by atoms with E-state index in [1.54, 1.807) is 24.3 Å². The summed E-state index contributed by atoms with van der Waals surface area (Å²) in [6, 6.07) is 14.8. The summed E-state index contributed by atoms with van der Waals surface area (Å²) in [5, 5.41) is 0. The van der Waals surface area contributed by atoms with E-state index in [-0.39, 0.29) is 40.8 Å². The molecule has 4 nitrogen and oxygen atoms in total. The molecule has 0 saturated heterocycles. The number of rotatable bonds is 20. The molecule has 0 N–H and O–H groups in total. The molecule has 0 aliphatic rings. The number of unbranched alkanes of at least 4 members (excludes halogenated alkanes) is 12. The Morgan fingerprint density at radius 2 is 0.917 bits per heavy atom. The van der Waals surface area contributed by atoms with Crippen LogP contribution in [-0.2, 0) is 17.4 Å². The monoisotopic (exact) mass is 643 g/mol. The van der Waals surface area contributed by atoms with Crippen LogP contribution in [0, 0.1) is 40.8 Å². The van der Waals surface area contributed by atoms with E-state index in [0.29, 0.717) is 11.5 Å². The fourth-order valence-corrected chi connectivity index (χ4v) is 5.28. The van der Waals surface area contributed by atoms with Crippen molar-refractivity contribution < 1.29 is 59.3 Å². The zero-order valence-electron chi connectivity index (χ0n) is 22.5. The molecule has 0 aliphatic heterocycles. The van der Waals surface area contributed by atoms with Crippen molar-refractivity contribution >= 4 is 7.82 Å². The van der Waals surface area contributed by atoms with Crippen molar-refractivity contribution in [2.75, 3.05) is 0 Å².